The first-order valence-electron chi connectivity index (χ1n) is 11.4. The Hall–Kier alpha value is -2.94. The summed E-state index contributed by atoms with van der Waals surface area (Å²) in [5, 5.41) is 3.16. The molecule has 4 unspecified atom stereocenters. The number of hydrogen-bond donors (Lipinski definition) is 1. The molecule has 2 spiro atoms. The molecule has 9 heteroatoms. The molecule has 1 aromatic heterocycles. The molecule has 0 saturated carbocycles. The van der Waals surface area contributed by atoms with Crippen LogP contribution in [-0.4, -0.2) is 83.1 Å². The van der Waals surface area contributed by atoms with E-state index in [0.717, 1.165) is 0 Å². The highest BCUT2D eigenvalue weighted by molar-refractivity contribution is 6.01. The number of likely N-dealkylation sites (N-methyl/N-ethyl adjacent to an activating group) is 1. The third kappa shape index (κ3) is 2.42. The molecular weight excluding hydrogens is 410 g/mol. The van der Waals surface area contributed by atoms with Gasteiger partial charge in [-0.3, -0.25) is 14.4 Å². The summed E-state index contributed by atoms with van der Waals surface area (Å²) in [6.45, 7) is 4.10. The number of fused-ring (bicyclic) bond motifs is 2. The van der Waals surface area contributed by atoms with E-state index in [1.54, 1.807) is 23.2 Å². The quantitative estimate of drug-likeness (QED) is 0.673. The second-order valence-corrected chi connectivity index (χ2v) is 9.50. The number of carbonyl (C=O) groups excluding carboxylic acids is 3. The van der Waals surface area contributed by atoms with Crippen LogP contribution < -0.4 is 10.2 Å². The van der Waals surface area contributed by atoms with Gasteiger partial charge in [-0.25, -0.2) is 4.98 Å². The van der Waals surface area contributed by atoms with Gasteiger partial charge in [0.1, 0.15) is 17.1 Å². The summed E-state index contributed by atoms with van der Waals surface area (Å²) in [6.07, 6.45) is 6.48. The lowest BCUT2D eigenvalue weighted by molar-refractivity contribution is -0.144. The number of likely N-dealkylation sites (tertiary alicyclic amines) is 2. The summed E-state index contributed by atoms with van der Waals surface area (Å²) in [5.74, 6) is -0.367. The number of piperidine rings is 1. The number of nitrogens with one attached hydrogen (secondary N) is 1. The molecule has 3 saturated heterocycles. The van der Waals surface area contributed by atoms with E-state index in [2.05, 4.69) is 10.3 Å². The smallest absolute Gasteiger partial charge is 0.256 e. The summed E-state index contributed by atoms with van der Waals surface area (Å²) in [7, 11) is 1.94. The maximum Gasteiger partial charge on any atom is 0.256 e. The van der Waals surface area contributed by atoms with Gasteiger partial charge >= 0.3 is 0 Å². The van der Waals surface area contributed by atoms with Gasteiger partial charge in [0.05, 0.1) is 30.0 Å². The average Bonchev–Trinajstić information content (AvgIpc) is 3.45. The van der Waals surface area contributed by atoms with Crippen molar-refractivity contribution < 1.29 is 19.1 Å². The Morgan fingerprint density at radius 2 is 2.09 bits per heavy atom. The van der Waals surface area contributed by atoms with Crippen molar-refractivity contribution in [2.75, 3.05) is 38.1 Å². The summed E-state index contributed by atoms with van der Waals surface area (Å²) >= 11 is 0. The van der Waals surface area contributed by atoms with Crippen molar-refractivity contribution in [3.63, 3.8) is 0 Å². The number of aromatic nitrogens is 1. The fourth-order valence-electron chi connectivity index (χ4n) is 6.30. The van der Waals surface area contributed by atoms with Crippen LogP contribution in [0.5, 0.6) is 0 Å². The zero-order valence-corrected chi connectivity index (χ0v) is 18.3. The molecule has 32 heavy (non-hydrogen) atoms. The molecule has 2 bridgehead atoms. The number of carbonyl (C=O) groups is 3. The van der Waals surface area contributed by atoms with Crippen LogP contribution in [0.1, 0.15) is 30.1 Å². The zero-order chi connectivity index (χ0) is 22.3. The van der Waals surface area contributed by atoms with E-state index in [9.17, 15) is 14.4 Å². The highest BCUT2D eigenvalue weighted by atomic mass is 16.5. The maximum absolute atomic E-state index is 13.6. The van der Waals surface area contributed by atoms with Crippen molar-refractivity contribution in [1.82, 2.24) is 20.1 Å². The van der Waals surface area contributed by atoms with Gasteiger partial charge in [0, 0.05) is 45.7 Å². The lowest BCUT2D eigenvalue weighted by Gasteiger charge is -2.51. The topological polar surface area (TPSA) is 95.1 Å². The molecule has 0 radical (unpaired) electrons. The molecule has 3 amide bonds. The number of rotatable bonds is 2. The number of hydrogen-bond acceptors (Lipinski definition) is 6. The van der Waals surface area contributed by atoms with Crippen LogP contribution in [0, 0.1) is 11.8 Å². The van der Waals surface area contributed by atoms with E-state index in [0.29, 0.717) is 50.4 Å². The molecule has 5 aliphatic rings. The van der Waals surface area contributed by atoms with Crippen molar-refractivity contribution in [2.45, 2.75) is 37.1 Å². The minimum Gasteiger partial charge on any atom is -0.360 e. The molecule has 6 rings (SSSR count). The van der Waals surface area contributed by atoms with Crippen LogP contribution in [0.25, 0.3) is 0 Å². The van der Waals surface area contributed by atoms with E-state index < -0.39 is 23.1 Å². The third-order valence-corrected chi connectivity index (χ3v) is 8.09. The van der Waals surface area contributed by atoms with Crippen molar-refractivity contribution in [1.29, 1.82) is 0 Å². The predicted molar refractivity (Wildman–Crippen MR) is 115 cm³/mol. The molecule has 1 aromatic rings. The SMILES string of the molecule is CCN1CC23C=CC(O2)C(C(=O)N2CCC4(CC2)NC(=O)c2cccnc2N4C)C3C1=O. The van der Waals surface area contributed by atoms with Gasteiger partial charge in [0.15, 0.2) is 0 Å². The summed E-state index contributed by atoms with van der Waals surface area (Å²) in [6, 6.07) is 3.53. The highest BCUT2D eigenvalue weighted by Gasteiger charge is 2.67. The molecule has 5 aliphatic heterocycles. The monoisotopic (exact) mass is 437 g/mol. The Morgan fingerprint density at radius 1 is 1.31 bits per heavy atom. The molecule has 4 atom stereocenters. The fraction of sp³-hybridized carbons (Fsp3) is 0.565. The Balaban J connectivity index is 1.21. The zero-order valence-electron chi connectivity index (χ0n) is 18.3. The molecule has 0 aliphatic carbocycles. The van der Waals surface area contributed by atoms with Crippen LogP contribution in [0.2, 0.25) is 0 Å². The molecule has 6 heterocycles. The number of anilines is 1. The first-order valence-corrected chi connectivity index (χ1v) is 11.4. The molecular formula is C23H27N5O4. The van der Waals surface area contributed by atoms with Crippen molar-refractivity contribution in [3.05, 3.63) is 36.0 Å². The number of nitrogens with zero attached hydrogens (tertiary/aromatic N) is 4. The number of ether oxygens (including phenoxy) is 1. The normalized spacial score (nSPS) is 34.2. The van der Waals surface area contributed by atoms with Gasteiger partial charge in [-0.15, -0.1) is 0 Å². The second kappa shape index (κ2) is 6.54. The van der Waals surface area contributed by atoms with Crippen LogP contribution in [0.4, 0.5) is 5.82 Å². The molecule has 168 valence electrons. The van der Waals surface area contributed by atoms with E-state index >= 15 is 0 Å². The molecule has 9 nitrogen and oxygen atoms in total. The lowest BCUT2D eigenvalue weighted by atomic mass is 9.76. The first-order chi connectivity index (χ1) is 15.4. The first kappa shape index (κ1) is 19.7. The Kier molecular flexibility index (Phi) is 4.03. The lowest BCUT2D eigenvalue weighted by Crippen LogP contribution is -2.67. The van der Waals surface area contributed by atoms with Crippen molar-refractivity contribution in [2.24, 2.45) is 11.8 Å². The van der Waals surface area contributed by atoms with Crippen LogP contribution in [0.3, 0.4) is 0 Å². The van der Waals surface area contributed by atoms with Gasteiger partial charge in [-0.1, -0.05) is 12.2 Å². The van der Waals surface area contributed by atoms with E-state index in [4.69, 9.17) is 4.74 Å². The Morgan fingerprint density at radius 3 is 2.84 bits per heavy atom. The van der Waals surface area contributed by atoms with Gasteiger partial charge in [0.25, 0.3) is 5.91 Å². The van der Waals surface area contributed by atoms with Gasteiger partial charge < -0.3 is 24.8 Å². The Labute approximate surface area is 186 Å². The standard InChI is InChI=1S/C23H27N5O4/c1-3-27-13-22-7-6-15(32-22)16(17(22)21(27)31)20(30)28-11-8-23(9-12-28)25-19(29)14-5-4-10-24-18(14)26(23)2/h4-7,10,15-17H,3,8-9,11-13H2,1-2H3,(H,25,29). The summed E-state index contributed by atoms with van der Waals surface area (Å²) < 4.78 is 6.20. The number of amides is 3. The van der Waals surface area contributed by atoms with Gasteiger partial charge in [-0.2, -0.15) is 0 Å². The fourth-order valence-corrected chi connectivity index (χ4v) is 6.30. The van der Waals surface area contributed by atoms with Crippen LogP contribution >= 0.6 is 0 Å². The van der Waals surface area contributed by atoms with E-state index in [1.165, 1.54) is 0 Å². The minimum atomic E-state index is -0.651. The maximum atomic E-state index is 13.6. The number of pyridine rings is 1. The average molecular weight is 438 g/mol. The van der Waals surface area contributed by atoms with Crippen LogP contribution in [0.15, 0.2) is 30.5 Å². The molecule has 0 aromatic carbocycles. The summed E-state index contributed by atoms with van der Waals surface area (Å²) in [4.78, 5) is 49.4. The predicted octanol–water partition coefficient (Wildman–Crippen LogP) is 0.382. The largest absolute Gasteiger partial charge is 0.360 e. The Bertz CT molecular complexity index is 1050. The van der Waals surface area contributed by atoms with Gasteiger partial charge in [0.2, 0.25) is 11.8 Å². The summed E-state index contributed by atoms with van der Waals surface area (Å²) in [5.41, 5.74) is -0.651. The van der Waals surface area contributed by atoms with Crippen molar-refractivity contribution in [3.8, 4) is 0 Å². The van der Waals surface area contributed by atoms with E-state index in [-0.39, 0.29) is 23.8 Å². The van der Waals surface area contributed by atoms with Gasteiger partial charge in [-0.05, 0) is 19.1 Å². The second-order valence-electron chi connectivity index (χ2n) is 9.50. The third-order valence-electron chi connectivity index (χ3n) is 8.09. The van der Waals surface area contributed by atoms with Crippen LogP contribution in [-0.2, 0) is 14.3 Å². The highest BCUT2D eigenvalue weighted by Crippen LogP contribution is 2.52. The minimum absolute atomic E-state index is 0.0179. The molecule has 3 fully saturated rings. The molecule has 1 N–H and O–H groups in total. The van der Waals surface area contributed by atoms with Crippen molar-refractivity contribution >= 4 is 23.5 Å². The van der Waals surface area contributed by atoms with E-state index in [1.807, 2.05) is 35.9 Å².